The summed E-state index contributed by atoms with van der Waals surface area (Å²) in [6.07, 6.45) is 1.56. The van der Waals surface area contributed by atoms with Gasteiger partial charge in [-0.25, -0.2) is 0 Å². The van der Waals surface area contributed by atoms with Crippen LogP contribution in [0.2, 0.25) is 0 Å². The number of phenolic OH excluding ortho intramolecular Hbond substituents is 1. The molecule has 1 aromatic heterocycles. The molecule has 19 heavy (non-hydrogen) atoms. The Kier molecular flexibility index (Phi) is 2.44. The second kappa shape index (κ2) is 3.91. The quantitative estimate of drug-likeness (QED) is 0.525. The lowest BCUT2D eigenvalue weighted by Crippen LogP contribution is -1.99. The molecule has 0 amide bonds. The number of aromatic hydroxyl groups is 1. The Morgan fingerprint density at radius 1 is 1.05 bits per heavy atom. The number of pyridine rings is 1. The Labute approximate surface area is 108 Å². The van der Waals surface area contributed by atoms with E-state index >= 15 is 0 Å². The minimum absolute atomic E-state index is 0.0771. The molecule has 1 heterocycles. The molecule has 0 spiro atoms. The maximum absolute atomic E-state index is 11.3. The normalized spacial score (nSPS) is 12.1. The van der Waals surface area contributed by atoms with Crippen molar-refractivity contribution in [3.8, 4) is 5.75 Å². The summed E-state index contributed by atoms with van der Waals surface area (Å²) in [5.74, 6) is -0.0771. The summed E-state index contributed by atoms with van der Waals surface area (Å²) in [6, 6.07) is 9.20. The molecule has 2 N–H and O–H groups in total. The zero-order chi connectivity index (χ0) is 13.6. The van der Waals surface area contributed by atoms with Crippen molar-refractivity contribution in [2.24, 2.45) is 0 Å². The maximum atomic E-state index is 11.3. The van der Waals surface area contributed by atoms with Crippen LogP contribution in [0.1, 0.15) is 0 Å². The van der Waals surface area contributed by atoms with Gasteiger partial charge in [0.05, 0.1) is 10.9 Å². The van der Waals surface area contributed by atoms with E-state index in [1.54, 1.807) is 30.5 Å². The molecule has 5 nitrogen and oxygen atoms in total. The topological polar surface area (TPSA) is 87.5 Å². The lowest BCUT2D eigenvalue weighted by Gasteiger charge is -2.08. The van der Waals surface area contributed by atoms with Crippen molar-refractivity contribution < 1.29 is 18.1 Å². The highest BCUT2D eigenvalue weighted by Crippen LogP contribution is 2.34. The predicted octanol–water partition coefficient (Wildman–Crippen LogP) is 2.34. The fraction of sp³-hybridized carbons (Fsp3) is 0. The van der Waals surface area contributed by atoms with Gasteiger partial charge in [-0.1, -0.05) is 18.2 Å². The van der Waals surface area contributed by atoms with Crippen molar-refractivity contribution in [2.75, 3.05) is 0 Å². The lowest BCUT2D eigenvalue weighted by molar-refractivity contribution is 0.479. The molecule has 0 saturated carbocycles. The molecule has 6 heteroatoms. The summed E-state index contributed by atoms with van der Waals surface area (Å²) in [4.78, 5) is 3.91. The molecule has 0 radical (unpaired) electrons. The van der Waals surface area contributed by atoms with Gasteiger partial charge in [0, 0.05) is 17.0 Å². The highest BCUT2D eigenvalue weighted by molar-refractivity contribution is 7.86. The van der Waals surface area contributed by atoms with E-state index in [4.69, 9.17) is 0 Å². The molecule has 3 rings (SSSR count). The van der Waals surface area contributed by atoms with Crippen LogP contribution in [0.25, 0.3) is 21.7 Å². The van der Waals surface area contributed by atoms with Crippen LogP contribution >= 0.6 is 0 Å². The summed E-state index contributed by atoms with van der Waals surface area (Å²) in [5, 5.41) is 11.3. The monoisotopic (exact) mass is 275 g/mol. The Hall–Kier alpha value is -2.18. The number of nitrogens with zero attached hydrogens (tertiary/aromatic N) is 1. The first-order valence-corrected chi connectivity index (χ1v) is 6.89. The van der Waals surface area contributed by atoms with Crippen molar-refractivity contribution in [3.63, 3.8) is 0 Å². The van der Waals surface area contributed by atoms with Crippen molar-refractivity contribution in [1.82, 2.24) is 4.98 Å². The molecule has 0 saturated heterocycles. The van der Waals surface area contributed by atoms with Gasteiger partial charge in [0.1, 0.15) is 10.6 Å². The number of fused-ring (bicyclic) bond motifs is 3. The standard InChI is InChI=1S/C13H9NO4S/c15-10-5-6-11(19(16,17)18)9-4-3-8-2-1-7-14-13(8)12(9)10/h1-7,15H,(H,16,17,18). The molecular formula is C13H9NO4S. The fourth-order valence-electron chi connectivity index (χ4n) is 2.16. The first-order chi connectivity index (χ1) is 8.98. The average molecular weight is 275 g/mol. The summed E-state index contributed by atoms with van der Waals surface area (Å²) in [6.45, 7) is 0. The third-order valence-corrected chi connectivity index (χ3v) is 3.88. The van der Waals surface area contributed by atoms with E-state index in [0.717, 1.165) is 5.39 Å². The second-order valence-electron chi connectivity index (χ2n) is 4.12. The summed E-state index contributed by atoms with van der Waals surface area (Å²) in [7, 11) is -4.35. The molecule has 96 valence electrons. The van der Waals surface area contributed by atoms with Crippen LogP contribution in [0.5, 0.6) is 5.75 Å². The lowest BCUT2D eigenvalue weighted by atomic mass is 10.1. The number of hydrogen-bond acceptors (Lipinski definition) is 4. The van der Waals surface area contributed by atoms with Crippen LogP contribution < -0.4 is 0 Å². The Balaban J connectivity index is 2.61. The van der Waals surface area contributed by atoms with Crippen molar-refractivity contribution in [1.29, 1.82) is 0 Å². The van der Waals surface area contributed by atoms with E-state index in [1.807, 2.05) is 0 Å². The van der Waals surface area contributed by atoms with Gasteiger partial charge < -0.3 is 5.11 Å². The van der Waals surface area contributed by atoms with E-state index in [0.29, 0.717) is 10.9 Å². The predicted molar refractivity (Wildman–Crippen MR) is 70.7 cm³/mol. The number of aromatic nitrogens is 1. The third kappa shape index (κ3) is 1.81. The Morgan fingerprint density at radius 2 is 1.84 bits per heavy atom. The van der Waals surface area contributed by atoms with Crippen LogP contribution in [-0.4, -0.2) is 23.1 Å². The van der Waals surface area contributed by atoms with E-state index in [9.17, 15) is 18.1 Å². The van der Waals surface area contributed by atoms with E-state index in [2.05, 4.69) is 4.98 Å². The van der Waals surface area contributed by atoms with Crippen LogP contribution in [0.4, 0.5) is 0 Å². The smallest absolute Gasteiger partial charge is 0.295 e. The highest BCUT2D eigenvalue weighted by Gasteiger charge is 2.17. The van der Waals surface area contributed by atoms with Gasteiger partial charge in [-0.05, 0) is 18.2 Å². The number of benzene rings is 2. The van der Waals surface area contributed by atoms with Crippen LogP contribution in [0, 0.1) is 0 Å². The average Bonchev–Trinajstić information content (AvgIpc) is 2.37. The Morgan fingerprint density at radius 3 is 2.58 bits per heavy atom. The van der Waals surface area contributed by atoms with E-state index < -0.39 is 10.1 Å². The second-order valence-corrected chi connectivity index (χ2v) is 5.51. The molecule has 2 aromatic carbocycles. The molecule has 0 aliphatic heterocycles. The third-order valence-electron chi connectivity index (χ3n) is 2.97. The molecule has 0 atom stereocenters. The molecule has 0 aliphatic rings. The first-order valence-electron chi connectivity index (χ1n) is 5.45. The first kappa shape index (κ1) is 11.9. The number of rotatable bonds is 1. The molecule has 0 aliphatic carbocycles. The van der Waals surface area contributed by atoms with Crippen LogP contribution in [0.3, 0.4) is 0 Å². The van der Waals surface area contributed by atoms with Crippen molar-refractivity contribution >= 4 is 31.8 Å². The van der Waals surface area contributed by atoms with Crippen LogP contribution in [-0.2, 0) is 10.1 Å². The van der Waals surface area contributed by atoms with Gasteiger partial charge in [0.2, 0.25) is 0 Å². The molecule has 0 bridgehead atoms. The maximum Gasteiger partial charge on any atom is 0.295 e. The fourth-order valence-corrected chi connectivity index (χ4v) is 2.85. The number of phenols is 1. The van der Waals surface area contributed by atoms with E-state index in [1.165, 1.54) is 12.1 Å². The summed E-state index contributed by atoms with van der Waals surface area (Å²) in [5.41, 5.74) is 0.489. The van der Waals surface area contributed by atoms with Crippen molar-refractivity contribution in [2.45, 2.75) is 4.90 Å². The minimum atomic E-state index is -4.35. The minimum Gasteiger partial charge on any atom is -0.507 e. The zero-order valence-corrected chi connectivity index (χ0v) is 10.4. The molecule has 0 fully saturated rings. The van der Waals surface area contributed by atoms with Gasteiger partial charge in [-0.15, -0.1) is 0 Å². The van der Waals surface area contributed by atoms with Crippen LogP contribution in [0.15, 0.2) is 47.5 Å². The highest BCUT2D eigenvalue weighted by atomic mass is 32.2. The summed E-state index contributed by atoms with van der Waals surface area (Å²) < 4.78 is 31.9. The molecule has 3 aromatic rings. The van der Waals surface area contributed by atoms with Gasteiger partial charge in [0.15, 0.2) is 0 Å². The van der Waals surface area contributed by atoms with Gasteiger partial charge in [0.25, 0.3) is 10.1 Å². The van der Waals surface area contributed by atoms with Gasteiger partial charge in [-0.2, -0.15) is 8.42 Å². The molecule has 0 unspecified atom stereocenters. The van der Waals surface area contributed by atoms with E-state index in [-0.39, 0.29) is 16.0 Å². The van der Waals surface area contributed by atoms with Gasteiger partial charge in [-0.3, -0.25) is 9.54 Å². The SMILES string of the molecule is O=S(=O)(O)c1ccc(O)c2c1ccc1cccnc12. The van der Waals surface area contributed by atoms with Gasteiger partial charge >= 0.3 is 0 Å². The zero-order valence-electron chi connectivity index (χ0n) is 9.61. The summed E-state index contributed by atoms with van der Waals surface area (Å²) >= 11 is 0. The largest absolute Gasteiger partial charge is 0.507 e. The molecular weight excluding hydrogens is 266 g/mol. The number of hydrogen-bond donors (Lipinski definition) is 2. The Bertz CT molecular complexity index is 903. The van der Waals surface area contributed by atoms with Crippen molar-refractivity contribution in [3.05, 3.63) is 42.6 Å².